The van der Waals surface area contributed by atoms with Gasteiger partial charge in [0.05, 0.1) is 6.04 Å². The highest BCUT2D eigenvalue weighted by atomic mass is 79.9. The Morgan fingerprint density at radius 2 is 1.62 bits per heavy atom. The largest absolute Gasteiger partial charge is 0.309 e. The maximum atomic E-state index is 3.73. The molecule has 2 rings (SSSR count). The summed E-state index contributed by atoms with van der Waals surface area (Å²) in [5.74, 6) is 0. The van der Waals surface area contributed by atoms with Crippen molar-refractivity contribution in [1.82, 2.24) is 5.32 Å². The summed E-state index contributed by atoms with van der Waals surface area (Å²) in [5, 5.41) is 3.43. The lowest BCUT2D eigenvalue weighted by molar-refractivity contribution is 0.589. The molecule has 0 amide bonds. The van der Waals surface area contributed by atoms with E-state index in [0.29, 0.717) is 0 Å². The van der Waals surface area contributed by atoms with E-state index in [-0.39, 0.29) is 11.5 Å². The van der Waals surface area contributed by atoms with E-state index in [2.05, 4.69) is 91.4 Å². The zero-order valence-corrected chi connectivity index (χ0v) is 15.1. The molecule has 0 heterocycles. The van der Waals surface area contributed by atoms with Crippen LogP contribution >= 0.6 is 15.9 Å². The van der Waals surface area contributed by atoms with Crippen molar-refractivity contribution in [2.75, 3.05) is 7.05 Å². The number of rotatable bonds is 3. The Balaban J connectivity index is 2.40. The van der Waals surface area contributed by atoms with Crippen molar-refractivity contribution in [1.29, 1.82) is 0 Å². The second kappa shape index (κ2) is 6.33. The van der Waals surface area contributed by atoms with Crippen LogP contribution in [-0.4, -0.2) is 7.05 Å². The van der Waals surface area contributed by atoms with Gasteiger partial charge in [-0.2, -0.15) is 0 Å². The van der Waals surface area contributed by atoms with Gasteiger partial charge in [0.1, 0.15) is 0 Å². The molecule has 1 nitrogen and oxygen atoms in total. The minimum Gasteiger partial charge on any atom is -0.309 e. The Kier molecular flexibility index (Phi) is 4.90. The highest BCUT2D eigenvalue weighted by molar-refractivity contribution is 9.10. The van der Waals surface area contributed by atoms with E-state index >= 15 is 0 Å². The smallest absolute Gasteiger partial charge is 0.0585 e. The summed E-state index contributed by atoms with van der Waals surface area (Å²) in [7, 11) is 2.01. The molecule has 1 N–H and O–H groups in total. The van der Waals surface area contributed by atoms with Gasteiger partial charge in [0.25, 0.3) is 0 Å². The summed E-state index contributed by atoms with van der Waals surface area (Å²) in [5.41, 5.74) is 5.39. The predicted octanol–water partition coefficient (Wildman–Crippen LogP) is 5.36. The average molecular weight is 346 g/mol. The first-order chi connectivity index (χ1) is 9.84. The molecule has 0 saturated heterocycles. The van der Waals surface area contributed by atoms with Crippen LogP contribution in [0.1, 0.15) is 49.1 Å². The molecule has 0 aliphatic carbocycles. The molecule has 1 unspecified atom stereocenters. The summed E-state index contributed by atoms with van der Waals surface area (Å²) in [6.45, 7) is 8.86. The first-order valence-electron chi connectivity index (χ1n) is 7.37. The molecule has 0 aromatic heterocycles. The lowest BCUT2D eigenvalue weighted by atomic mass is 9.85. The molecule has 2 aromatic carbocycles. The number of hydrogen-bond donors (Lipinski definition) is 1. The van der Waals surface area contributed by atoms with Gasteiger partial charge in [-0.3, -0.25) is 0 Å². The van der Waals surface area contributed by atoms with Crippen LogP contribution in [0.5, 0.6) is 0 Å². The van der Waals surface area contributed by atoms with Crippen LogP contribution in [0.2, 0.25) is 0 Å². The molecule has 1 atom stereocenters. The van der Waals surface area contributed by atoms with Gasteiger partial charge in [-0.25, -0.2) is 0 Å². The maximum absolute atomic E-state index is 3.73. The van der Waals surface area contributed by atoms with E-state index in [1.54, 1.807) is 0 Å². The zero-order chi connectivity index (χ0) is 15.6. The number of hydrogen-bond acceptors (Lipinski definition) is 1. The highest BCUT2D eigenvalue weighted by Gasteiger charge is 2.18. The molecule has 0 bridgehead atoms. The summed E-state index contributed by atoms with van der Waals surface area (Å²) >= 11 is 3.73. The second-order valence-electron chi connectivity index (χ2n) is 6.57. The van der Waals surface area contributed by atoms with E-state index in [0.717, 1.165) is 0 Å². The van der Waals surface area contributed by atoms with Crippen LogP contribution in [0.25, 0.3) is 0 Å². The van der Waals surface area contributed by atoms with Gasteiger partial charge in [-0.15, -0.1) is 0 Å². The maximum Gasteiger partial charge on any atom is 0.0585 e. The van der Waals surface area contributed by atoms with Crippen molar-refractivity contribution in [3.8, 4) is 0 Å². The van der Waals surface area contributed by atoms with Gasteiger partial charge >= 0.3 is 0 Å². The molecule has 0 spiro atoms. The van der Waals surface area contributed by atoms with Crippen LogP contribution in [0.4, 0.5) is 0 Å². The first kappa shape index (κ1) is 16.3. The topological polar surface area (TPSA) is 12.0 Å². The average Bonchev–Trinajstić information content (AvgIpc) is 2.44. The van der Waals surface area contributed by atoms with E-state index in [1.807, 2.05) is 7.05 Å². The highest BCUT2D eigenvalue weighted by Crippen LogP contribution is 2.31. The van der Waals surface area contributed by atoms with Crippen LogP contribution in [-0.2, 0) is 5.41 Å². The third-order valence-corrected chi connectivity index (χ3v) is 5.01. The Bertz CT molecular complexity index is 608. The third kappa shape index (κ3) is 3.56. The normalized spacial score (nSPS) is 13.2. The van der Waals surface area contributed by atoms with Gasteiger partial charge in [0, 0.05) is 4.47 Å². The fraction of sp³-hybridized carbons (Fsp3) is 0.368. The standard InChI is InChI=1S/C19H24BrN/c1-13-7-6-8-16(17(13)20)18(21-5)14-9-11-15(12-10-14)19(2,3)4/h6-12,18,21H,1-5H3. The lowest BCUT2D eigenvalue weighted by Crippen LogP contribution is -2.19. The Morgan fingerprint density at radius 1 is 1.00 bits per heavy atom. The van der Waals surface area contributed by atoms with Crippen LogP contribution < -0.4 is 5.32 Å². The first-order valence-corrected chi connectivity index (χ1v) is 8.16. The molecule has 0 fully saturated rings. The summed E-state index contributed by atoms with van der Waals surface area (Å²) in [4.78, 5) is 0. The number of halogens is 1. The quantitative estimate of drug-likeness (QED) is 0.788. The fourth-order valence-corrected chi connectivity index (χ4v) is 3.06. The van der Waals surface area contributed by atoms with Crippen molar-refractivity contribution in [3.63, 3.8) is 0 Å². The summed E-state index contributed by atoms with van der Waals surface area (Å²) in [6.07, 6.45) is 0. The van der Waals surface area contributed by atoms with Gasteiger partial charge < -0.3 is 5.32 Å². The molecule has 0 aliphatic rings. The van der Waals surface area contributed by atoms with E-state index in [4.69, 9.17) is 0 Å². The van der Waals surface area contributed by atoms with Crippen LogP contribution in [0.15, 0.2) is 46.9 Å². The van der Waals surface area contributed by atoms with E-state index < -0.39 is 0 Å². The van der Waals surface area contributed by atoms with Crippen molar-refractivity contribution >= 4 is 15.9 Å². The molecule has 0 radical (unpaired) electrons. The Morgan fingerprint density at radius 3 is 2.14 bits per heavy atom. The van der Waals surface area contributed by atoms with Crippen molar-refractivity contribution in [2.24, 2.45) is 0 Å². The second-order valence-corrected chi connectivity index (χ2v) is 7.36. The molecule has 2 heteroatoms. The van der Waals surface area contributed by atoms with Crippen LogP contribution in [0.3, 0.4) is 0 Å². The molecular formula is C19H24BrN. The molecule has 21 heavy (non-hydrogen) atoms. The lowest BCUT2D eigenvalue weighted by Gasteiger charge is -2.23. The number of benzene rings is 2. The van der Waals surface area contributed by atoms with Gasteiger partial charge in [0.15, 0.2) is 0 Å². The molecule has 0 saturated carbocycles. The predicted molar refractivity (Wildman–Crippen MR) is 94.9 cm³/mol. The van der Waals surface area contributed by atoms with Crippen molar-refractivity contribution < 1.29 is 0 Å². The fourth-order valence-electron chi connectivity index (χ4n) is 2.57. The minimum absolute atomic E-state index is 0.192. The molecule has 0 aliphatic heterocycles. The SMILES string of the molecule is CNC(c1ccc(C(C)(C)C)cc1)c1cccc(C)c1Br. The molecule has 2 aromatic rings. The van der Waals surface area contributed by atoms with Crippen molar-refractivity contribution in [2.45, 2.75) is 39.2 Å². The number of nitrogens with one attached hydrogen (secondary N) is 1. The van der Waals surface area contributed by atoms with E-state index in [1.165, 1.54) is 26.7 Å². The van der Waals surface area contributed by atoms with Crippen molar-refractivity contribution in [3.05, 3.63) is 69.2 Å². The zero-order valence-electron chi connectivity index (χ0n) is 13.5. The Labute approximate surface area is 136 Å². The van der Waals surface area contributed by atoms with Gasteiger partial charge in [-0.1, -0.05) is 79.2 Å². The van der Waals surface area contributed by atoms with E-state index in [9.17, 15) is 0 Å². The minimum atomic E-state index is 0.192. The van der Waals surface area contributed by atoms with Gasteiger partial charge in [-0.05, 0) is 41.6 Å². The molecule has 112 valence electrons. The van der Waals surface area contributed by atoms with Gasteiger partial charge in [0.2, 0.25) is 0 Å². The monoisotopic (exact) mass is 345 g/mol. The third-order valence-electron chi connectivity index (χ3n) is 3.93. The summed E-state index contributed by atoms with van der Waals surface area (Å²) < 4.78 is 1.18. The Hall–Kier alpha value is -1.12. The number of aryl methyl sites for hydroxylation is 1. The van der Waals surface area contributed by atoms with Crippen LogP contribution in [0, 0.1) is 6.92 Å². The molecular weight excluding hydrogens is 322 g/mol. The summed E-state index contributed by atoms with van der Waals surface area (Å²) in [6, 6.07) is 15.6.